The van der Waals surface area contributed by atoms with Gasteiger partial charge in [0, 0.05) is 6.07 Å². The Labute approximate surface area is 96.8 Å². The van der Waals surface area contributed by atoms with Crippen molar-refractivity contribution >= 4 is 27.5 Å². The fourth-order valence-electron chi connectivity index (χ4n) is 1.35. The van der Waals surface area contributed by atoms with Crippen molar-refractivity contribution in [3.8, 4) is 5.75 Å². The molecule has 16 heavy (non-hydrogen) atoms. The molecule has 0 atom stereocenters. The fraction of sp³-hybridized carbons (Fsp3) is 0.273. The maximum absolute atomic E-state index is 11.1. The molecule has 1 aromatic heterocycles. The van der Waals surface area contributed by atoms with Crippen molar-refractivity contribution in [2.45, 2.75) is 6.42 Å². The maximum Gasteiger partial charge on any atom is 0.312 e. The number of fused-ring (bicyclic) bond motifs is 1. The molecule has 0 saturated carbocycles. The van der Waals surface area contributed by atoms with Gasteiger partial charge in [0.15, 0.2) is 0 Å². The summed E-state index contributed by atoms with van der Waals surface area (Å²) >= 11 is 1.49. The Morgan fingerprint density at radius 1 is 1.44 bits per heavy atom. The van der Waals surface area contributed by atoms with E-state index in [-0.39, 0.29) is 12.4 Å². The van der Waals surface area contributed by atoms with Crippen LogP contribution in [0.3, 0.4) is 0 Å². The third kappa shape index (κ3) is 2.14. The maximum atomic E-state index is 11.1. The zero-order chi connectivity index (χ0) is 11.5. The summed E-state index contributed by atoms with van der Waals surface area (Å²) in [5, 5.41) is 0.759. The molecule has 0 aliphatic rings. The fourth-order valence-corrected chi connectivity index (χ4v) is 2.29. The van der Waals surface area contributed by atoms with Crippen LogP contribution in [0.2, 0.25) is 0 Å². The number of carbonyl (C=O) groups is 1. The van der Waals surface area contributed by atoms with Crippen LogP contribution < -0.4 is 4.74 Å². The Morgan fingerprint density at radius 3 is 2.94 bits per heavy atom. The lowest BCUT2D eigenvalue weighted by atomic mass is 10.3. The van der Waals surface area contributed by atoms with Crippen LogP contribution in [0, 0.1) is 0 Å². The Kier molecular flexibility index (Phi) is 3.05. The third-order valence-corrected chi connectivity index (χ3v) is 3.20. The molecule has 0 unspecified atom stereocenters. The molecule has 0 fully saturated rings. The molecule has 0 aliphatic carbocycles. The van der Waals surface area contributed by atoms with Crippen LogP contribution in [-0.2, 0) is 16.0 Å². The van der Waals surface area contributed by atoms with E-state index in [9.17, 15) is 4.79 Å². The molecule has 2 rings (SSSR count). The normalized spacial score (nSPS) is 10.4. The number of benzene rings is 1. The molecule has 84 valence electrons. The van der Waals surface area contributed by atoms with Gasteiger partial charge >= 0.3 is 5.97 Å². The predicted molar refractivity (Wildman–Crippen MR) is 61.9 cm³/mol. The van der Waals surface area contributed by atoms with Gasteiger partial charge < -0.3 is 9.47 Å². The van der Waals surface area contributed by atoms with Gasteiger partial charge in [0.1, 0.15) is 10.8 Å². The van der Waals surface area contributed by atoms with E-state index in [0.29, 0.717) is 0 Å². The standard InChI is InChI=1S/C11H11NO3S/c1-14-7-3-4-9-8(5-7)12-10(16-9)6-11(13)15-2/h3-5H,6H2,1-2H3. The molecular weight excluding hydrogens is 226 g/mol. The summed E-state index contributed by atoms with van der Waals surface area (Å²) in [5.74, 6) is 0.494. The van der Waals surface area contributed by atoms with Crippen LogP contribution in [0.1, 0.15) is 5.01 Å². The van der Waals surface area contributed by atoms with Crippen molar-refractivity contribution in [3.05, 3.63) is 23.2 Å². The second kappa shape index (κ2) is 4.49. The number of methoxy groups -OCH3 is 2. The molecule has 0 saturated heterocycles. The summed E-state index contributed by atoms with van der Waals surface area (Å²) in [5.41, 5.74) is 0.850. The van der Waals surface area contributed by atoms with Crippen LogP contribution >= 0.6 is 11.3 Å². The Bertz CT molecular complexity index is 521. The highest BCUT2D eigenvalue weighted by molar-refractivity contribution is 7.18. The molecule has 0 spiro atoms. The molecule has 0 amide bonds. The molecule has 4 nitrogen and oxygen atoms in total. The number of thiazole rings is 1. The van der Waals surface area contributed by atoms with Crippen molar-refractivity contribution in [3.63, 3.8) is 0 Å². The van der Waals surface area contributed by atoms with Crippen LogP contribution in [0.15, 0.2) is 18.2 Å². The molecule has 1 aromatic carbocycles. The lowest BCUT2D eigenvalue weighted by molar-refractivity contribution is -0.139. The van der Waals surface area contributed by atoms with Gasteiger partial charge in [-0.15, -0.1) is 11.3 Å². The van der Waals surface area contributed by atoms with E-state index in [1.807, 2.05) is 18.2 Å². The predicted octanol–water partition coefficient (Wildman–Crippen LogP) is 2.02. The minimum Gasteiger partial charge on any atom is -0.497 e. The second-order valence-corrected chi connectivity index (χ2v) is 4.31. The monoisotopic (exact) mass is 237 g/mol. The number of hydrogen-bond acceptors (Lipinski definition) is 5. The lowest BCUT2D eigenvalue weighted by Crippen LogP contribution is -2.03. The Morgan fingerprint density at radius 2 is 2.25 bits per heavy atom. The number of nitrogens with zero attached hydrogens (tertiary/aromatic N) is 1. The van der Waals surface area contributed by atoms with Crippen LogP contribution in [0.5, 0.6) is 5.75 Å². The van der Waals surface area contributed by atoms with E-state index in [2.05, 4.69) is 9.72 Å². The number of hydrogen-bond donors (Lipinski definition) is 0. The topological polar surface area (TPSA) is 48.4 Å². The summed E-state index contributed by atoms with van der Waals surface area (Å²) in [4.78, 5) is 15.4. The second-order valence-electron chi connectivity index (χ2n) is 3.19. The van der Waals surface area contributed by atoms with E-state index >= 15 is 0 Å². The van der Waals surface area contributed by atoms with Crippen LogP contribution in [0.4, 0.5) is 0 Å². The molecule has 0 radical (unpaired) electrons. The van der Waals surface area contributed by atoms with Gasteiger partial charge in [-0.05, 0) is 12.1 Å². The first-order chi connectivity index (χ1) is 7.72. The van der Waals surface area contributed by atoms with Crippen molar-refractivity contribution in [1.29, 1.82) is 0 Å². The zero-order valence-corrected chi connectivity index (χ0v) is 9.84. The number of aromatic nitrogens is 1. The van der Waals surface area contributed by atoms with Gasteiger partial charge in [-0.1, -0.05) is 0 Å². The largest absolute Gasteiger partial charge is 0.497 e. The van der Waals surface area contributed by atoms with E-state index in [1.165, 1.54) is 18.4 Å². The summed E-state index contributed by atoms with van der Waals surface area (Å²) in [7, 11) is 2.99. The average Bonchev–Trinajstić information content (AvgIpc) is 2.69. The van der Waals surface area contributed by atoms with E-state index in [1.54, 1.807) is 7.11 Å². The summed E-state index contributed by atoms with van der Waals surface area (Å²) in [6, 6.07) is 5.67. The quantitative estimate of drug-likeness (QED) is 0.766. The zero-order valence-electron chi connectivity index (χ0n) is 9.02. The lowest BCUT2D eigenvalue weighted by Gasteiger charge is -1.96. The highest BCUT2D eigenvalue weighted by Crippen LogP contribution is 2.26. The number of ether oxygens (including phenoxy) is 2. The van der Waals surface area contributed by atoms with Gasteiger partial charge in [-0.3, -0.25) is 4.79 Å². The molecule has 0 bridgehead atoms. The number of rotatable bonds is 3. The van der Waals surface area contributed by atoms with Crippen LogP contribution in [0.25, 0.3) is 10.2 Å². The smallest absolute Gasteiger partial charge is 0.312 e. The SMILES string of the molecule is COC(=O)Cc1nc2cc(OC)ccc2s1. The van der Waals surface area contributed by atoms with E-state index in [4.69, 9.17) is 4.74 Å². The van der Waals surface area contributed by atoms with Crippen molar-refractivity contribution in [2.24, 2.45) is 0 Å². The molecule has 2 aromatic rings. The van der Waals surface area contributed by atoms with Crippen molar-refractivity contribution in [1.82, 2.24) is 4.98 Å². The molecule has 5 heteroatoms. The number of esters is 1. The van der Waals surface area contributed by atoms with E-state index < -0.39 is 0 Å². The molecule has 1 heterocycles. The first-order valence-corrected chi connectivity index (χ1v) is 5.55. The van der Waals surface area contributed by atoms with Gasteiger partial charge in [-0.25, -0.2) is 4.98 Å². The number of carbonyl (C=O) groups excluding carboxylic acids is 1. The summed E-state index contributed by atoms with van der Waals surface area (Å²) in [6.07, 6.45) is 0.220. The minimum atomic E-state index is -0.272. The van der Waals surface area contributed by atoms with Gasteiger partial charge in [-0.2, -0.15) is 0 Å². The Hall–Kier alpha value is -1.62. The highest BCUT2D eigenvalue weighted by atomic mass is 32.1. The van der Waals surface area contributed by atoms with Gasteiger partial charge in [0.25, 0.3) is 0 Å². The summed E-state index contributed by atoms with van der Waals surface area (Å²) < 4.78 is 10.7. The minimum absolute atomic E-state index is 0.220. The van der Waals surface area contributed by atoms with Gasteiger partial charge in [0.05, 0.1) is 30.9 Å². The average molecular weight is 237 g/mol. The van der Waals surface area contributed by atoms with Gasteiger partial charge in [0.2, 0.25) is 0 Å². The third-order valence-electron chi connectivity index (χ3n) is 2.16. The van der Waals surface area contributed by atoms with Crippen LogP contribution in [-0.4, -0.2) is 25.2 Å². The first kappa shape index (κ1) is 10.9. The van der Waals surface area contributed by atoms with E-state index in [0.717, 1.165) is 21.0 Å². The molecule has 0 aliphatic heterocycles. The Balaban J connectivity index is 2.32. The highest BCUT2D eigenvalue weighted by Gasteiger charge is 2.09. The summed E-state index contributed by atoms with van der Waals surface area (Å²) in [6.45, 7) is 0. The van der Waals surface area contributed by atoms with Crippen molar-refractivity contribution < 1.29 is 14.3 Å². The first-order valence-electron chi connectivity index (χ1n) is 4.73. The van der Waals surface area contributed by atoms with Crippen molar-refractivity contribution in [2.75, 3.05) is 14.2 Å². The molecular formula is C11H11NO3S. The molecule has 0 N–H and O–H groups in total.